The van der Waals surface area contributed by atoms with Crippen LogP contribution in [0.1, 0.15) is 105 Å². The summed E-state index contributed by atoms with van der Waals surface area (Å²) in [4.78, 5) is 12.8. The van der Waals surface area contributed by atoms with Crippen LogP contribution in [0.2, 0.25) is 0 Å². The van der Waals surface area contributed by atoms with E-state index in [1.54, 1.807) is 0 Å². The quantitative estimate of drug-likeness (QED) is 0.176. The lowest BCUT2D eigenvalue weighted by Gasteiger charge is -2.58. The summed E-state index contributed by atoms with van der Waals surface area (Å²) in [6.07, 6.45) is 12.1. The van der Waals surface area contributed by atoms with Gasteiger partial charge in [-0.1, -0.05) is 95.7 Å². The van der Waals surface area contributed by atoms with Crippen molar-refractivity contribution in [3.63, 3.8) is 0 Å². The van der Waals surface area contributed by atoms with Crippen LogP contribution in [0.15, 0.2) is 54.1 Å². The second-order valence-electron chi connectivity index (χ2n) is 17.5. The van der Waals surface area contributed by atoms with Crippen molar-refractivity contribution in [2.75, 3.05) is 6.61 Å². The third kappa shape index (κ3) is 7.73. The van der Waals surface area contributed by atoms with Crippen LogP contribution in [0.4, 0.5) is 4.79 Å². The number of hydrogen-bond acceptors (Lipinski definition) is 7. The maximum Gasteiger partial charge on any atom is 0.407 e. The molecule has 1 aromatic carbocycles. The summed E-state index contributed by atoms with van der Waals surface area (Å²) >= 11 is 0. The van der Waals surface area contributed by atoms with Gasteiger partial charge < -0.3 is 34.8 Å². The van der Waals surface area contributed by atoms with E-state index in [1.165, 1.54) is 37.7 Å². The van der Waals surface area contributed by atoms with Crippen LogP contribution < -0.4 is 5.32 Å². The van der Waals surface area contributed by atoms with Gasteiger partial charge in [-0.05, 0) is 116 Å². The average Bonchev–Trinajstić information content (AvgIpc) is 3.48. The smallest absolute Gasteiger partial charge is 0.407 e. The van der Waals surface area contributed by atoms with E-state index in [4.69, 9.17) is 14.2 Å². The Morgan fingerprint density at radius 3 is 2.49 bits per heavy atom. The molecule has 1 aliphatic heterocycles. The topological polar surface area (TPSA) is 117 Å². The first-order chi connectivity index (χ1) is 24.4. The Labute approximate surface area is 306 Å². The van der Waals surface area contributed by atoms with E-state index < -0.39 is 43.3 Å². The summed E-state index contributed by atoms with van der Waals surface area (Å²) in [6.45, 7) is 14.2. The van der Waals surface area contributed by atoms with Crippen LogP contribution >= 0.6 is 0 Å². The summed E-state index contributed by atoms with van der Waals surface area (Å²) in [7, 11) is 0. The van der Waals surface area contributed by atoms with Crippen molar-refractivity contribution in [3.8, 4) is 0 Å². The number of alkyl carbamates (subject to hydrolysis) is 1. The van der Waals surface area contributed by atoms with Crippen LogP contribution in [0.5, 0.6) is 0 Å². The minimum absolute atomic E-state index is 0.0651. The second kappa shape index (κ2) is 16.0. The van der Waals surface area contributed by atoms with Gasteiger partial charge in [0.1, 0.15) is 31.0 Å². The largest absolute Gasteiger partial charge is 0.445 e. The second-order valence-corrected chi connectivity index (χ2v) is 17.5. The van der Waals surface area contributed by atoms with Gasteiger partial charge in [0, 0.05) is 0 Å². The van der Waals surface area contributed by atoms with Crippen molar-refractivity contribution in [1.29, 1.82) is 0 Å². The Balaban J connectivity index is 1.11. The van der Waals surface area contributed by atoms with Gasteiger partial charge in [-0.15, -0.1) is 0 Å². The molecule has 4 N–H and O–H groups in total. The van der Waals surface area contributed by atoms with Crippen LogP contribution in [-0.2, 0) is 20.8 Å². The summed E-state index contributed by atoms with van der Waals surface area (Å²) in [5, 5.41) is 34.3. The van der Waals surface area contributed by atoms with E-state index in [1.807, 2.05) is 30.3 Å². The highest BCUT2D eigenvalue weighted by atomic mass is 16.7. The number of rotatable bonds is 11. The third-order valence-electron chi connectivity index (χ3n) is 14.5. The summed E-state index contributed by atoms with van der Waals surface area (Å²) in [6, 6.07) is 8.28. The van der Waals surface area contributed by atoms with Gasteiger partial charge in [-0.2, -0.15) is 0 Å². The highest BCUT2D eigenvalue weighted by Crippen LogP contribution is 2.67. The van der Waals surface area contributed by atoms with Gasteiger partial charge in [0.15, 0.2) is 6.29 Å². The molecule has 1 amide bonds. The van der Waals surface area contributed by atoms with Crippen LogP contribution in [0, 0.1) is 52.3 Å². The zero-order valence-electron chi connectivity index (χ0n) is 31.9. The van der Waals surface area contributed by atoms with Crippen molar-refractivity contribution >= 4 is 6.09 Å². The van der Waals surface area contributed by atoms with E-state index in [2.05, 4.69) is 65.1 Å². The summed E-state index contributed by atoms with van der Waals surface area (Å²) < 4.78 is 18.0. The number of fused-ring (bicyclic) bond motifs is 5. The van der Waals surface area contributed by atoms with Crippen molar-refractivity contribution in [3.05, 3.63) is 59.7 Å². The molecule has 5 aliphatic rings. The molecule has 0 radical (unpaired) electrons. The first-order valence-electron chi connectivity index (χ1n) is 20.0. The Hall–Kier alpha value is -2.23. The number of hydrogen-bond donors (Lipinski definition) is 4. The zero-order valence-corrected chi connectivity index (χ0v) is 31.9. The number of carbonyl (C=O) groups is 1. The fraction of sp³-hybridized carbons (Fsp3) is 0.744. The molecule has 0 spiro atoms. The minimum atomic E-state index is -1.40. The normalized spacial score (nSPS) is 40.5. The molecule has 0 bridgehead atoms. The van der Waals surface area contributed by atoms with E-state index in [9.17, 15) is 20.1 Å². The molecule has 51 heavy (non-hydrogen) atoms. The van der Waals surface area contributed by atoms with Crippen LogP contribution in [-0.4, -0.2) is 64.8 Å². The number of allylic oxidation sites excluding steroid dienone is 3. The molecule has 1 aromatic rings. The molecule has 0 aromatic heterocycles. The lowest BCUT2D eigenvalue weighted by Crippen LogP contribution is -2.65. The summed E-state index contributed by atoms with van der Waals surface area (Å²) in [5.41, 5.74) is 2.83. The Morgan fingerprint density at radius 2 is 1.78 bits per heavy atom. The molecule has 6 rings (SSSR count). The highest BCUT2D eigenvalue weighted by molar-refractivity contribution is 5.67. The fourth-order valence-corrected chi connectivity index (χ4v) is 11.4. The van der Waals surface area contributed by atoms with E-state index in [-0.39, 0.29) is 18.1 Å². The predicted octanol–water partition coefficient (Wildman–Crippen LogP) is 7.56. The number of aliphatic hydroxyl groups excluding tert-OH is 3. The Morgan fingerprint density at radius 1 is 1.02 bits per heavy atom. The van der Waals surface area contributed by atoms with E-state index in [0.717, 1.165) is 43.1 Å². The third-order valence-corrected chi connectivity index (χ3v) is 14.5. The molecule has 14 atom stereocenters. The standard InChI is InChI=1S/C43H65NO7/c1-7-29(26(2)3)14-13-27(4)33-17-18-34-32-16-15-30-23-31(19-21-42(30,5)35(32)20-22-43(33,34)6)50-40-37(39(47)38(46)36(24-45)51-40)44-41(48)49-25-28-11-9-8-10-12-28/h8-15,26-27,29,31-40,45-47H,7,16-25H2,1-6H3,(H,44,48)/b14-13+/t27-,29-,31+,32+,33-,34+,35+,36-,37?,38-,39-,40?,42+,43-/m1/s1. The van der Waals surface area contributed by atoms with Gasteiger partial charge in [0.25, 0.3) is 0 Å². The fourth-order valence-electron chi connectivity index (χ4n) is 11.4. The van der Waals surface area contributed by atoms with Crippen molar-refractivity contribution in [1.82, 2.24) is 5.32 Å². The highest BCUT2D eigenvalue weighted by Gasteiger charge is 2.59. The van der Waals surface area contributed by atoms with Crippen LogP contribution in [0.25, 0.3) is 0 Å². The number of amides is 1. The monoisotopic (exact) mass is 707 g/mol. The van der Waals surface area contributed by atoms with Gasteiger partial charge in [-0.25, -0.2) is 4.79 Å². The molecule has 284 valence electrons. The van der Waals surface area contributed by atoms with Gasteiger partial charge >= 0.3 is 6.09 Å². The zero-order chi connectivity index (χ0) is 36.5. The molecule has 1 heterocycles. The molecule has 4 fully saturated rings. The molecule has 8 heteroatoms. The lowest BCUT2D eigenvalue weighted by atomic mass is 9.47. The molecule has 4 aliphatic carbocycles. The molecule has 8 nitrogen and oxygen atoms in total. The molecular formula is C43H65NO7. The van der Waals surface area contributed by atoms with Crippen molar-refractivity contribution in [2.45, 2.75) is 143 Å². The predicted molar refractivity (Wildman–Crippen MR) is 198 cm³/mol. The maximum atomic E-state index is 12.8. The summed E-state index contributed by atoms with van der Waals surface area (Å²) in [5.74, 6) is 4.85. The van der Waals surface area contributed by atoms with E-state index in [0.29, 0.717) is 35.0 Å². The molecule has 2 unspecified atom stereocenters. The Kier molecular flexibility index (Phi) is 12.1. The minimum Gasteiger partial charge on any atom is -0.445 e. The molecule has 1 saturated heterocycles. The van der Waals surface area contributed by atoms with Gasteiger partial charge in [0.2, 0.25) is 0 Å². The first-order valence-corrected chi connectivity index (χ1v) is 20.0. The van der Waals surface area contributed by atoms with Gasteiger partial charge in [0.05, 0.1) is 12.7 Å². The average molecular weight is 708 g/mol. The number of nitrogens with one attached hydrogen (secondary N) is 1. The van der Waals surface area contributed by atoms with Crippen molar-refractivity contribution in [2.24, 2.45) is 52.3 Å². The lowest BCUT2D eigenvalue weighted by molar-refractivity contribution is -0.283. The van der Waals surface area contributed by atoms with Crippen molar-refractivity contribution < 1.29 is 34.3 Å². The Bertz CT molecular complexity index is 1380. The number of carbonyl (C=O) groups excluding carboxylic acids is 1. The molecular weight excluding hydrogens is 642 g/mol. The first kappa shape index (κ1) is 38.5. The van der Waals surface area contributed by atoms with Gasteiger partial charge in [-0.3, -0.25) is 0 Å². The number of aliphatic hydroxyl groups is 3. The maximum absolute atomic E-state index is 12.8. The van der Waals surface area contributed by atoms with Crippen LogP contribution in [0.3, 0.4) is 0 Å². The number of benzene rings is 1. The number of ether oxygens (including phenoxy) is 3. The molecule has 3 saturated carbocycles. The van der Waals surface area contributed by atoms with E-state index >= 15 is 0 Å². The SMILES string of the molecule is CC[C@H](/C=C/[C@@H](C)[C@H]1CC[C@H]2[C@@H]3CC=C4C[C@@H](OC5O[C@H](CO)[C@@H](O)[C@H](O)C5NC(=O)OCc5ccccc5)CC[C@]4(C)[C@H]3CC[C@]12C)C(C)C.